The van der Waals surface area contributed by atoms with Gasteiger partial charge in [-0.1, -0.05) is 26.0 Å². The quantitative estimate of drug-likeness (QED) is 0.0213. The Labute approximate surface area is 878 Å². The minimum atomic E-state index is -1.94. The number of aliphatic hydroxyl groups excluding tert-OH is 2. The van der Waals surface area contributed by atoms with Crippen LogP contribution in [0.5, 0.6) is 5.75 Å². The van der Waals surface area contributed by atoms with Crippen LogP contribution in [0.1, 0.15) is 180 Å². The number of primary amides is 4. The number of carboxylic acid groups (broad SMARTS) is 3. The van der Waals surface area contributed by atoms with Crippen LogP contribution >= 0.6 is 36.2 Å². The average molecular weight is 2180 g/mol. The van der Waals surface area contributed by atoms with Crippen LogP contribution < -0.4 is 120 Å². The number of thiol groups is 1. The summed E-state index contributed by atoms with van der Waals surface area (Å²) in [4.78, 5) is 344. The lowest BCUT2D eigenvalue weighted by Gasteiger charge is -2.34. The van der Waals surface area contributed by atoms with Gasteiger partial charge in [0.25, 0.3) is 0 Å². The highest BCUT2D eigenvalue weighted by Gasteiger charge is 2.48. The molecule has 59 heteroatoms. The molecule has 0 spiro atoms. The van der Waals surface area contributed by atoms with Gasteiger partial charge in [0.05, 0.1) is 38.6 Å². The molecule has 0 saturated carbocycles. The molecule has 18 atom stereocenters. The SMILES string of the molecule is CSCC[C@H](NC(=O)[C@H](CC(N)=O)NC(=O)[C@H](CCC(=O)O)NC(=O)[C@H](CCCCN)NC(=O)[C@H](CO)NC(=O)[C@@H](N)CCSC)C(=O)N[C@@H](CCCCN)C(=O)N[C@@H](CC(C)C)C(=O)N1CCC[C@H]1C(=O)N[C@@H](CCC(N)=O)C(=O)N1CCC[C@H]1C(=O)N1CCC[C@H]1C(=O)N[C@@H](CCC(=O)O)C(=O)NCC(=O)N[C@@H](CCC(N)=O)C(=O)N[C@@H](CS)C(=O)N[C@@H](Cc1ccc(O)cc1)C(=O)N[C@@H](CO)C(=O)N[C@@H](CC(N)=O)C(=O)O. The van der Waals surface area contributed by atoms with Crippen molar-refractivity contribution in [2.45, 2.75) is 290 Å². The van der Waals surface area contributed by atoms with Crippen molar-refractivity contribution in [1.82, 2.24) is 94.5 Å². The number of hydrogen-bond donors (Lipinski definition) is 29. The van der Waals surface area contributed by atoms with Crippen molar-refractivity contribution in [3.63, 3.8) is 0 Å². The number of benzene rings is 1. The largest absolute Gasteiger partial charge is 0.508 e. The van der Waals surface area contributed by atoms with Crippen molar-refractivity contribution in [3.05, 3.63) is 29.8 Å². The van der Waals surface area contributed by atoms with Crippen molar-refractivity contribution >= 4 is 184 Å². The second kappa shape index (κ2) is 66.9. The number of carbonyl (C=O) groups is 25. The smallest absolute Gasteiger partial charge is 0.326 e. The van der Waals surface area contributed by atoms with Gasteiger partial charge in [0, 0.05) is 57.5 Å². The van der Waals surface area contributed by atoms with Crippen molar-refractivity contribution in [2.75, 3.05) is 82.3 Å². The van der Waals surface area contributed by atoms with E-state index in [4.69, 9.17) is 40.1 Å². The van der Waals surface area contributed by atoms with Crippen LogP contribution in [0.3, 0.4) is 0 Å². The molecule has 4 rings (SSSR count). The third-order valence-corrected chi connectivity index (χ3v) is 26.0. The molecule has 1 aromatic rings. The lowest BCUT2D eigenvalue weighted by Crippen LogP contribution is -2.61. The highest BCUT2D eigenvalue weighted by Crippen LogP contribution is 2.29. The van der Waals surface area contributed by atoms with E-state index in [0.717, 1.165) is 9.80 Å². The van der Waals surface area contributed by atoms with Crippen LogP contribution in [-0.2, 0) is 126 Å². The molecular weight excluding hydrogens is 2040 g/mol. The Morgan fingerprint density at radius 1 is 0.387 bits per heavy atom. The maximum Gasteiger partial charge on any atom is 0.326 e. The number of phenolic OH excluding ortho intramolecular Hbond substituents is 1. The Balaban J connectivity index is 1.53. The number of aliphatic hydroxyl groups is 2. The van der Waals surface area contributed by atoms with E-state index in [-0.39, 0.29) is 139 Å². The maximum absolute atomic E-state index is 15.1. The number of amides is 22. The summed E-state index contributed by atoms with van der Waals surface area (Å²) in [6.07, 6.45) is -2.46. The fourth-order valence-corrected chi connectivity index (χ4v) is 17.5. The van der Waals surface area contributed by atoms with Crippen molar-refractivity contribution in [1.29, 1.82) is 0 Å². The molecule has 0 aromatic heterocycles. The fourth-order valence-electron chi connectivity index (χ4n) is 16.3. The number of likely N-dealkylation sites (tertiary alicyclic amines) is 3. The Kier molecular flexibility index (Phi) is 57.5. The molecule has 35 N–H and O–H groups in total. The minimum Gasteiger partial charge on any atom is -0.508 e. The number of rotatable bonds is 71. The standard InChI is InChI=1S/C91H145N25O31S3/c1-46(2)38-59(109-77(132)51(13-6-8-32-93)101-80(135)55(30-37-150-4)104-82(137)58(40-69(97)122)108-79(134)54(24-28-73(127)128)103-76(131)50(12-5-7-31-92)102-83(138)61(43-117)111-74(129)49(94)29-36-149-3)89(144)114-33-9-14-64(114)87(142)106-56(22-26-68(96)121)88(143)116-35-11-16-66(116)90(145)115-34-10-15-65(115)86(141)105-52(23-27-72(125)126)75(130)99-42-71(124)100-53(21-25-67(95)120)78(133)113-63(45-148)85(140)107-57(39-47-17-19-48(119)20-18-47)81(136)112-62(44-118)84(139)110-60(91(146)147)41-70(98)123/h17-20,46,49-66,117-119,148H,5-16,21-45,92-94H2,1-4H3,(H2,95,120)(H2,96,121)(H2,97,122)(H2,98,123)(H,99,130)(H,100,124)(H,101,135)(H,102,138)(H,103,131)(H,104,137)(H,105,141)(H,106,142)(H,107,140)(H,108,134)(H,109,132)(H,110,139)(H,111,129)(H,112,136)(H,113,133)(H,125,126)(H,127,128)(H,146,147)/t49-,50-,51-,52-,53-,54-,55-,56-,57-,58-,59-,60-,61-,62-,63-,64-,65-,66-/m0/s1. The molecule has 838 valence electrons. The van der Waals surface area contributed by atoms with Gasteiger partial charge in [0.2, 0.25) is 130 Å². The highest BCUT2D eigenvalue weighted by molar-refractivity contribution is 7.98. The summed E-state index contributed by atoms with van der Waals surface area (Å²) >= 11 is 6.79. The van der Waals surface area contributed by atoms with Crippen LogP contribution in [-0.4, -0.2) is 384 Å². The summed E-state index contributed by atoms with van der Waals surface area (Å²) in [7, 11) is 0. The number of hydrogen-bond acceptors (Lipinski definition) is 34. The number of nitrogens with zero attached hydrogens (tertiary/aromatic N) is 3. The summed E-state index contributed by atoms with van der Waals surface area (Å²) < 4.78 is 0. The molecule has 3 aliphatic rings. The normalized spacial score (nSPS) is 17.2. The van der Waals surface area contributed by atoms with E-state index in [1.165, 1.54) is 52.7 Å². The third-order valence-electron chi connectivity index (χ3n) is 24.3. The van der Waals surface area contributed by atoms with Gasteiger partial charge in [-0.15, -0.1) is 0 Å². The molecule has 1 aromatic carbocycles. The monoisotopic (exact) mass is 2180 g/mol. The van der Waals surface area contributed by atoms with Gasteiger partial charge in [-0.3, -0.25) is 115 Å². The molecule has 0 radical (unpaired) electrons. The number of aliphatic carboxylic acids is 3. The predicted octanol–water partition coefficient (Wildman–Crippen LogP) is -11.0. The molecular formula is C91H145N25O31S3. The molecule has 3 aliphatic heterocycles. The van der Waals surface area contributed by atoms with E-state index in [1.54, 1.807) is 26.4 Å². The first-order chi connectivity index (χ1) is 71.0. The number of nitrogens with two attached hydrogens (primary N) is 7. The van der Waals surface area contributed by atoms with E-state index in [2.05, 4.69) is 87.1 Å². The third kappa shape index (κ3) is 44.8. The Bertz CT molecular complexity index is 4860. The van der Waals surface area contributed by atoms with E-state index < -0.39 is 353 Å². The topological polar surface area (TPSA) is 920 Å². The van der Waals surface area contributed by atoms with E-state index in [9.17, 15) is 141 Å². The lowest BCUT2D eigenvalue weighted by atomic mass is 10.0. The average Bonchev–Trinajstić information content (AvgIpc) is 1.74. The zero-order chi connectivity index (χ0) is 112. The van der Waals surface area contributed by atoms with Crippen molar-refractivity contribution in [2.24, 2.45) is 46.1 Å². The van der Waals surface area contributed by atoms with Crippen molar-refractivity contribution < 1.29 is 151 Å². The van der Waals surface area contributed by atoms with E-state index in [0.29, 0.717) is 18.6 Å². The highest BCUT2D eigenvalue weighted by atomic mass is 32.2. The van der Waals surface area contributed by atoms with Gasteiger partial charge in [0.15, 0.2) is 0 Å². The second-order valence-corrected chi connectivity index (χ2v) is 38.9. The molecule has 3 fully saturated rings. The maximum atomic E-state index is 15.1. The summed E-state index contributed by atoms with van der Waals surface area (Å²) in [6.45, 7) is 0.314. The number of thioether (sulfide) groups is 2. The van der Waals surface area contributed by atoms with Crippen LogP contribution in [0.15, 0.2) is 24.3 Å². The summed E-state index contributed by atoms with van der Waals surface area (Å²) in [5.74, 6) is -28.0. The van der Waals surface area contributed by atoms with E-state index in [1.807, 2.05) is 5.32 Å². The van der Waals surface area contributed by atoms with Gasteiger partial charge < -0.3 is 165 Å². The molecule has 0 bridgehead atoms. The second-order valence-electron chi connectivity index (χ2n) is 36.5. The minimum absolute atomic E-state index is 0.00731. The zero-order valence-corrected chi connectivity index (χ0v) is 86.5. The Morgan fingerprint density at radius 2 is 0.740 bits per heavy atom. The molecule has 0 unspecified atom stereocenters. The van der Waals surface area contributed by atoms with Crippen LogP contribution in [0, 0.1) is 5.92 Å². The number of carbonyl (C=O) groups excluding carboxylic acids is 22. The zero-order valence-electron chi connectivity index (χ0n) is 84.0. The molecule has 22 amide bonds. The molecule has 3 saturated heterocycles. The molecule has 3 heterocycles. The van der Waals surface area contributed by atoms with Crippen LogP contribution in [0.4, 0.5) is 0 Å². The van der Waals surface area contributed by atoms with Gasteiger partial charge in [-0.05, 0) is 183 Å². The van der Waals surface area contributed by atoms with E-state index >= 15 is 9.59 Å². The first-order valence-corrected chi connectivity index (χ1v) is 52.4. The number of carboxylic acids is 3. The predicted molar refractivity (Wildman–Crippen MR) is 539 cm³/mol. The number of phenols is 1. The summed E-state index contributed by atoms with van der Waals surface area (Å²) in [5, 5.41) is 94.9. The first-order valence-electron chi connectivity index (χ1n) is 48.9. The summed E-state index contributed by atoms with van der Waals surface area (Å²) in [6, 6.07) is -23.7. The van der Waals surface area contributed by atoms with Gasteiger partial charge >= 0.3 is 17.9 Å². The van der Waals surface area contributed by atoms with Crippen LogP contribution in [0.25, 0.3) is 0 Å². The van der Waals surface area contributed by atoms with Gasteiger partial charge in [-0.2, -0.15) is 36.2 Å². The molecule has 0 aliphatic carbocycles. The number of aromatic hydroxyl groups is 1. The Hall–Kier alpha value is -13.4. The Morgan fingerprint density at radius 3 is 1.20 bits per heavy atom. The fraction of sp³-hybridized carbons (Fsp3) is 0.659. The molecule has 150 heavy (non-hydrogen) atoms. The van der Waals surface area contributed by atoms with Crippen LogP contribution in [0.2, 0.25) is 0 Å². The van der Waals surface area contributed by atoms with Gasteiger partial charge in [-0.25, -0.2) is 4.79 Å². The lowest BCUT2D eigenvalue weighted by molar-refractivity contribution is -0.149. The number of nitrogens with one attached hydrogen (secondary N) is 15. The van der Waals surface area contributed by atoms with Gasteiger partial charge in [0.1, 0.15) is 108 Å². The number of unbranched alkanes of at least 4 members (excludes halogenated alkanes) is 2. The van der Waals surface area contributed by atoms with Crippen molar-refractivity contribution in [3.8, 4) is 5.75 Å². The first kappa shape index (κ1) is 129. The molecule has 56 nitrogen and oxygen atoms in total. The summed E-state index contributed by atoms with van der Waals surface area (Å²) in [5.41, 5.74) is 39.5.